The van der Waals surface area contributed by atoms with E-state index in [1.54, 1.807) is 7.11 Å². The molecule has 1 saturated heterocycles. The van der Waals surface area contributed by atoms with Crippen molar-refractivity contribution in [2.24, 2.45) is 11.8 Å². The van der Waals surface area contributed by atoms with E-state index in [0.29, 0.717) is 0 Å². The van der Waals surface area contributed by atoms with Gasteiger partial charge in [0.05, 0.1) is 12.7 Å². The lowest BCUT2D eigenvalue weighted by Gasteiger charge is -2.45. The number of benzene rings is 2. The molecule has 2 aromatic rings. The lowest BCUT2D eigenvalue weighted by atomic mass is 9.75. The van der Waals surface area contributed by atoms with Gasteiger partial charge in [-0.25, -0.2) is 0 Å². The fourth-order valence-electron chi connectivity index (χ4n) is 4.71. The van der Waals surface area contributed by atoms with Crippen LogP contribution >= 0.6 is 0 Å². The van der Waals surface area contributed by atoms with Crippen LogP contribution in [0.15, 0.2) is 48.5 Å². The SMILES string of the molecule is COc1ccc(CN2CC3CCC(C2)C3(O)c2cccc(N)c2)cc1. The van der Waals surface area contributed by atoms with E-state index in [9.17, 15) is 5.11 Å². The highest BCUT2D eigenvalue weighted by atomic mass is 16.5. The molecule has 2 aromatic carbocycles. The van der Waals surface area contributed by atoms with Crippen molar-refractivity contribution in [2.45, 2.75) is 25.0 Å². The Kier molecular flexibility index (Phi) is 4.18. The Balaban J connectivity index is 1.51. The van der Waals surface area contributed by atoms with Crippen LogP contribution in [0.4, 0.5) is 5.69 Å². The predicted molar refractivity (Wildman–Crippen MR) is 99.2 cm³/mol. The molecule has 4 heteroatoms. The average molecular weight is 338 g/mol. The van der Waals surface area contributed by atoms with Gasteiger partial charge in [-0.1, -0.05) is 24.3 Å². The van der Waals surface area contributed by atoms with Gasteiger partial charge in [-0.2, -0.15) is 0 Å². The van der Waals surface area contributed by atoms with Crippen molar-refractivity contribution in [3.8, 4) is 5.75 Å². The average Bonchev–Trinajstić information content (AvgIpc) is 2.80. The summed E-state index contributed by atoms with van der Waals surface area (Å²) in [7, 11) is 1.69. The highest BCUT2D eigenvalue weighted by Crippen LogP contribution is 2.51. The molecule has 2 fully saturated rings. The van der Waals surface area contributed by atoms with E-state index >= 15 is 0 Å². The van der Waals surface area contributed by atoms with Gasteiger partial charge in [-0.15, -0.1) is 0 Å². The van der Waals surface area contributed by atoms with Crippen LogP contribution in [0.1, 0.15) is 24.0 Å². The zero-order chi connectivity index (χ0) is 17.4. The maximum absolute atomic E-state index is 11.5. The van der Waals surface area contributed by atoms with Gasteiger partial charge >= 0.3 is 0 Å². The van der Waals surface area contributed by atoms with E-state index in [1.807, 2.05) is 36.4 Å². The number of piperidine rings is 1. The molecular formula is C21H26N2O2. The molecular weight excluding hydrogens is 312 g/mol. The van der Waals surface area contributed by atoms with Gasteiger partial charge in [-0.05, 0) is 48.2 Å². The van der Waals surface area contributed by atoms with Crippen LogP contribution in [-0.4, -0.2) is 30.2 Å². The van der Waals surface area contributed by atoms with Crippen LogP contribution < -0.4 is 10.5 Å². The molecule has 1 saturated carbocycles. The molecule has 2 atom stereocenters. The lowest BCUT2D eigenvalue weighted by molar-refractivity contribution is -0.0914. The van der Waals surface area contributed by atoms with Gasteiger partial charge in [0.1, 0.15) is 5.75 Å². The Labute approximate surface area is 149 Å². The van der Waals surface area contributed by atoms with Crippen molar-refractivity contribution in [1.29, 1.82) is 0 Å². The number of nitrogens with two attached hydrogens (primary N) is 1. The molecule has 2 unspecified atom stereocenters. The minimum atomic E-state index is -0.730. The third kappa shape index (κ3) is 2.90. The second kappa shape index (κ2) is 6.36. The Bertz CT molecular complexity index is 730. The minimum Gasteiger partial charge on any atom is -0.497 e. The fraction of sp³-hybridized carbons (Fsp3) is 0.429. The number of hydrogen-bond acceptors (Lipinski definition) is 4. The van der Waals surface area contributed by atoms with Crippen molar-refractivity contribution in [2.75, 3.05) is 25.9 Å². The Hall–Kier alpha value is -2.04. The number of ether oxygens (including phenoxy) is 1. The highest BCUT2D eigenvalue weighted by molar-refractivity contribution is 5.44. The first kappa shape index (κ1) is 16.4. The summed E-state index contributed by atoms with van der Waals surface area (Å²) in [6.45, 7) is 2.77. The van der Waals surface area contributed by atoms with Crippen LogP contribution in [0, 0.1) is 11.8 Å². The van der Waals surface area contributed by atoms with Crippen LogP contribution in [0.25, 0.3) is 0 Å². The van der Waals surface area contributed by atoms with E-state index in [-0.39, 0.29) is 11.8 Å². The first-order valence-corrected chi connectivity index (χ1v) is 9.03. The third-order valence-corrected chi connectivity index (χ3v) is 5.98. The van der Waals surface area contributed by atoms with E-state index in [4.69, 9.17) is 10.5 Å². The molecule has 0 radical (unpaired) electrons. The molecule has 25 heavy (non-hydrogen) atoms. The lowest BCUT2D eigenvalue weighted by Crippen LogP contribution is -2.51. The maximum Gasteiger partial charge on any atom is 0.118 e. The van der Waals surface area contributed by atoms with Gasteiger partial charge in [0, 0.05) is 37.2 Å². The minimum absolute atomic E-state index is 0.270. The van der Waals surface area contributed by atoms with Crippen molar-refractivity contribution in [1.82, 2.24) is 4.90 Å². The van der Waals surface area contributed by atoms with Gasteiger partial charge in [0.25, 0.3) is 0 Å². The van der Waals surface area contributed by atoms with E-state index < -0.39 is 5.60 Å². The Morgan fingerprint density at radius 3 is 2.40 bits per heavy atom. The molecule has 3 N–H and O–H groups in total. The maximum atomic E-state index is 11.5. The largest absolute Gasteiger partial charge is 0.497 e. The zero-order valence-corrected chi connectivity index (χ0v) is 14.7. The van der Waals surface area contributed by atoms with Gasteiger partial charge in [-0.3, -0.25) is 4.90 Å². The smallest absolute Gasteiger partial charge is 0.118 e. The standard InChI is InChI=1S/C21H26N2O2/c1-25-20-9-5-15(6-10-20)12-23-13-17-7-8-18(14-23)21(17,24)16-3-2-4-19(22)11-16/h2-6,9-11,17-18,24H,7-8,12-14,22H2,1H3. The molecule has 0 aromatic heterocycles. The first-order valence-electron chi connectivity index (χ1n) is 9.03. The summed E-state index contributed by atoms with van der Waals surface area (Å²) >= 11 is 0. The third-order valence-electron chi connectivity index (χ3n) is 5.98. The fourth-order valence-corrected chi connectivity index (χ4v) is 4.71. The van der Waals surface area contributed by atoms with Crippen LogP contribution in [0.2, 0.25) is 0 Å². The number of anilines is 1. The monoisotopic (exact) mass is 338 g/mol. The zero-order valence-electron chi connectivity index (χ0n) is 14.7. The number of hydrogen-bond donors (Lipinski definition) is 2. The second-order valence-corrected chi connectivity index (χ2v) is 7.46. The van der Waals surface area contributed by atoms with E-state index in [1.165, 1.54) is 5.56 Å². The molecule has 4 nitrogen and oxygen atoms in total. The molecule has 132 valence electrons. The number of nitrogen functional groups attached to an aromatic ring is 1. The first-order chi connectivity index (χ1) is 12.1. The molecule has 2 bridgehead atoms. The van der Waals surface area contributed by atoms with Crippen LogP contribution in [0.5, 0.6) is 5.75 Å². The van der Waals surface area contributed by atoms with Gasteiger partial charge < -0.3 is 15.6 Å². The Morgan fingerprint density at radius 1 is 1.12 bits per heavy atom. The molecule has 2 aliphatic rings. The number of aliphatic hydroxyl groups is 1. The quantitative estimate of drug-likeness (QED) is 0.842. The highest BCUT2D eigenvalue weighted by Gasteiger charge is 2.53. The number of nitrogens with zero attached hydrogens (tertiary/aromatic N) is 1. The molecule has 1 aliphatic heterocycles. The molecule has 0 amide bonds. The Morgan fingerprint density at radius 2 is 1.80 bits per heavy atom. The van der Waals surface area contributed by atoms with Crippen LogP contribution in [-0.2, 0) is 12.1 Å². The summed E-state index contributed by atoms with van der Waals surface area (Å²) in [5.74, 6) is 1.43. The number of methoxy groups -OCH3 is 1. The summed E-state index contributed by atoms with van der Waals surface area (Å²) in [4.78, 5) is 2.48. The van der Waals surface area contributed by atoms with Crippen molar-refractivity contribution in [3.05, 3.63) is 59.7 Å². The normalized spacial score (nSPS) is 28.9. The summed E-state index contributed by atoms with van der Waals surface area (Å²) in [5, 5.41) is 11.5. The summed E-state index contributed by atoms with van der Waals surface area (Å²) in [6, 6.07) is 16.1. The number of rotatable bonds is 4. The summed E-state index contributed by atoms with van der Waals surface area (Å²) in [6.07, 6.45) is 2.16. The molecule has 1 heterocycles. The number of fused-ring (bicyclic) bond motifs is 2. The van der Waals surface area contributed by atoms with Crippen molar-refractivity contribution in [3.63, 3.8) is 0 Å². The molecule has 1 aliphatic carbocycles. The van der Waals surface area contributed by atoms with E-state index in [0.717, 1.165) is 49.5 Å². The molecule has 0 spiro atoms. The van der Waals surface area contributed by atoms with Crippen molar-refractivity contribution < 1.29 is 9.84 Å². The predicted octanol–water partition coefficient (Wildman–Crippen LogP) is 3.01. The summed E-state index contributed by atoms with van der Waals surface area (Å²) < 4.78 is 5.23. The molecule has 4 rings (SSSR count). The van der Waals surface area contributed by atoms with Crippen molar-refractivity contribution >= 4 is 5.69 Å². The summed E-state index contributed by atoms with van der Waals surface area (Å²) in [5.41, 5.74) is 8.23. The van der Waals surface area contributed by atoms with Crippen LogP contribution in [0.3, 0.4) is 0 Å². The topological polar surface area (TPSA) is 58.7 Å². The van der Waals surface area contributed by atoms with E-state index in [2.05, 4.69) is 17.0 Å². The van der Waals surface area contributed by atoms with Gasteiger partial charge in [0.15, 0.2) is 0 Å². The number of likely N-dealkylation sites (tertiary alicyclic amines) is 1. The van der Waals surface area contributed by atoms with Gasteiger partial charge in [0.2, 0.25) is 0 Å². The second-order valence-electron chi connectivity index (χ2n) is 7.46.